The Morgan fingerprint density at radius 1 is 1.30 bits per heavy atom. The monoisotopic (exact) mass is 277 g/mol. The van der Waals surface area contributed by atoms with Crippen molar-refractivity contribution in [3.05, 3.63) is 30.1 Å². The molecular weight excluding hydrogens is 250 g/mol. The van der Waals surface area contributed by atoms with Crippen LogP contribution in [0.5, 0.6) is 0 Å². The third kappa shape index (κ3) is 4.60. The van der Waals surface area contributed by atoms with Gasteiger partial charge in [0.2, 0.25) is 5.91 Å². The molecule has 0 saturated carbocycles. The third-order valence-corrected chi connectivity index (χ3v) is 3.72. The highest BCUT2D eigenvalue weighted by Gasteiger charge is 2.34. The minimum Gasteiger partial charge on any atom is -0.355 e. The lowest BCUT2D eigenvalue weighted by Crippen LogP contribution is -2.46. The molecule has 0 bridgehead atoms. The van der Waals surface area contributed by atoms with Gasteiger partial charge in [0.05, 0.1) is 5.41 Å². The van der Waals surface area contributed by atoms with Crippen LogP contribution in [0, 0.1) is 5.41 Å². The first-order valence-corrected chi connectivity index (χ1v) is 7.56. The molecule has 0 fully saturated rings. The highest BCUT2D eigenvalue weighted by atomic mass is 16.2. The Kier molecular flexibility index (Phi) is 7.23. The first kappa shape index (κ1) is 16.6. The number of carbonyl (C=O) groups excluding carboxylic acids is 1. The quantitative estimate of drug-likeness (QED) is 0.727. The van der Waals surface area contributed by atoms with E-state index in [1.54, 1.807) is 6.20 Å². The predicted octanol–water partition coefficient (Wildman–Crippen LogP) is 2.29. The van der Waals surface area contributed by atoms with Crippen LogP contribution in [-0.4, -0.2) is 24.0 Å². The number of carbonyl (C=O) groups is 1. The number of nitrogens with two attached hydrogens (primary N) is 1. The molecule has 112 valence electrons. The molecule has 4 nitrogen and oxygen atoms in total. The number of nitrogens with zero attached hydrogens (tertiary/aromatic N) is 1. The summed E-state index contributed by atoms with van der Waals surface area (Å²) in [5.41, 5.74) is 6.49. The Morgan fingerprint density at radius 3 is 2.50 bits per heavy atom. The van der Waals surface area contributed by atoms with Gasteiger partial charge in [-0.25, -0.2) is 0 Å². The largest absolute Gasteiger partial charge is 0.355 e. The number of aromatic nitrogens is 1. The molecule has 1 aromatic rings. The van der Waals surface area contributed by atoms with Crippen LogP contribution in [0.1, 0.15) is 45.2 Å². The molecule has 3 N–H and O–H groups in total. The molecule has 0 saturated heterocycles. The van der Waals surface area contributed by atoms with Crippen molar-refractivity contribution in [3.63, 3.8) is 0 Å². The number of pyridine rings is 1. The van der Waals surface area contributed by atoms with Gasteiger partial charge in [-0.2, -0.15) is 0 Å². The van der Waals surface area contributed by atoms with Gasteiger partial charge >= 0.3 is 0 Å². The molecular formula is C16H27N3O. The molecule has 0 aromatic carbocycles. The molecule has 0 aliphatic carbocycles. The van der Waals surface area contributed by atoms with Gasteiger partial charge in [-0.05, 0) is 25.0 Å². The number of hydrogen-bond acceptors (Lipinski definition) is 3. The van der Waals surface area contributed by atoms with E-state index in [0.717, 1.165) is 37.8 Å². The average molecular weight is 277 g/mol. The van der Waals surface area contributed by atoms with Crippen LogP contribution in [0.4, 0.5) is 0 Å². The summed E-state index contributed by atoms with van der Waals surface area (Å²) in [6.45, 7) is 5.23. The fourth-order valence-electron chi connectivity index (χ4n) is 2.64. The van der Waals surface area contributed by atoms with Gasteiger partial charge in [-0.3, -0.25) is 9.78 Å². The zero-order valence-corrected chi connectivity index (χ0v) is 12.7. The summed E-state index contributed by atoms with van der Waals surface area (Å²) in [5.74, 6) is 0.0969. The summed E-state index contributed by atoms with van der Waals surface area (Å²) in [7, 11) is 0. The van der Waals surface area contributed by atoms with Crippen molar-refractivity contribution in [2.75, 3.05) is 13.1 Å². The zero-order chi connectivity index (χ0) is 14.8. The van der Waals surface area contributed by atoms with E-state index in [9.17, 15) is 4.79 Å². The Morgan fingerprint density at radius 2 is 2.00 bits per heavy atom. The van der Waals surface area contributed by atoms with Crippen LogP contribution in [0.15, 0.2) is 24.4 Å². The third-order valence-electron chi connectivity index (χ3n) is 3.72. The van der Waals surface area contributed by atoms with Crippen LogP contribution in [0.25, 0.3) is 0 Å². The first-order valence-electron chi connectivity index (χ1n) is 7.56. The van der Waals surface area contributed by atoms with Gasteiger partial charge in [0.1, 0.15) is 0 Å². The Hall–Kier alpha value is -1.42. The molecule has 0 aliphatic rings. The van der Waals surface area contributed by atoms with Crippen molar-refractivity contribution in [3.8, 4) is 0 Å². The summed E-state index contributed by atoms with van der Waals surface area (Å²) in [5, 5.41) is 3.03. The summed E-state index contributed by atoms with van der Waals surface area (Å²) in [6, 6.07) is 5.83. The lowest BCUT2D eigenvalue weighted by Gasteiger charge is -2.30. The number of rotatable bonds is 9. The summed E-state index contributed by atoms with van der Waals surface area (Å²) < 4.78 is 0. The second kappa shape index (κ2) is 8.69. The van der Waals surface area contributed by atoms with E-state index >= 15 is 0 Å². The second-order valence-corrected chi connectivity index (χ2v) is 5.31. The van der Waals surface area contributed by atoms with E-state index in [0.29, 0.717) is 13.1 Å². The minimum absolute atomic E-state index is 0.0969. The smallest absolute Gasteiger partial charge is 0.227 e. The van der Waals surface area contributed by atoms with Crippen molar-refractivity contribution in [1.82, 2.24) is 10.3 Å². The minimum atomic E-state index is -0.395. The lowest BCUT2D eigenvalue weighted by molar-refractivity contribution is -0.131. The fourth-order valence-corrected chi connectivity index (χ4v) is 2.64. The normalized spacial score (nSPS) is 11.3. The fraction of sp³-hybridized carbons (Fsp3) is 0.625. The highest BCUT2D eigenvalue weighted by molar-refractivity contribution is 5.82. The lowest BCUT2D eigenvalue weighted by atomic mass is 9.78. The Labute approximate surface area is 122 Å². The number of nitrogens with one attached hydrogen (secondary N) is 1. The van der Waals surface area contributed by atoms with Crippen LogP contribution < -0.4 is 11.1 Å². The van der Waals surface area contributed by atoms with Gasteiger partial charge in [-0.1, -0.05) is 32.8 Å². The summed E-state index contributed by atoms with van der Waals surface area (Å²) in [6.07, 6.45) is 6.19. The maximum atomic E-state index is 12.5. The van der Waals surface area contributed by atoms with Crippen molar-refractivity contribution < 1.29 is 4.79 Å². The van der Waals surface area contributed by atoms with E-state index in [1.807, 2.05) is 18.2 Å². The van der Waals surface area contributed by atoms with Crippen LogP contribution in [-0.2, 0) is 11.2 Å². The van der Waals surface area contributed by atoms with E-state index in [-0.39, 0.29) is 5.91 Å². The van der Waals surface area contributed by atoms with Crippen molar-refractivity contribution >= 4 is 5.91 Å². The van der Waals surface area contributed by atoms with Crippen LogP contribution in [0.2, 0.25) is 0 Å². The molecule has 0 radical (unpaired) electrons. The molecule has 4 heteroatoms. The van der Waals surface area contributed by atoms with Crippen molar-refractivity contribution in [1.29, 1.82) is 0 Å². The standard InChI is InChI=1S/C16H27N3O/c1-3-9-16(13-17,10-4-2)15(20)19-12-8-14-7-5-6-11-18-14/h5-7,11H,3-4,8-10,12-13,17H2,1-2H3,(H,19,20). The molecule has 0 unspecified atom stereocenters. The maximum absolute atomic E-state index is 12.5. The highest BCUT2D eigenvalue weighted by Crippen LogP contribution is 2.28. The molecule has 0 aliphatic heterocycles. The Balaban J connectivity index is 2.53. The second-order valence-electron chi connectivity index (χ2n) is 5.31. The Bertz CT molecular complexity index is 386. The SMILES string of the molecule is CCCC(CN)(CCC)C(=O)NCCc1ccccn1. The van der Waals surface area contributed by atoms with Gasteiger partial charge in [0.15, 0.2) is 0 Å². The topological polar surface area (TPSA) is 68.0 Å². The van der Waals surface area contributed by atoms with E-state index < -0.39 is 5.41 Å². The molecule has 1 heterocycles. The molecule has 20 heavy (non-hydrogen) atoms. The van der Waals surface area contributed by atoms with E-state index in [1.165, 1.54) is 0 Å². The van der Waals surface area contributed by atoms with Crippen LogP contribution in [0.3, 0.4) is 0 Å². The first-order chi connectivity index (χ1) is 9.68. The van der Waals surface area contributed by atoms with Gasteiger partial charge in [-0.15, -0.1) is 0 Å². The van der Waals surface area contributed by atoms with Gasteiger partial charge < -0.3 is 11.1 Å². The zero-order valence-electron chi connectivity index (χ0n) is 12.7. The summed E-state index contributed by atoms with van der Waals surface area (Å²) in [4.78, 5) is 16.7. The van der Waals surface area contributed by atoms with E-state index in [2.05, 4.69) is 24.1 Å². The van der Waals surface area contributed by atoms with E-state index in [4.69, 9.17) is 5.73 Å². The van der Waals surface area contributed by atoms with Crippen LogP contribution >= 0.6 is 0 Å². The van der Waals surface area contributed by atoms with Gasteiger partial charge in [0, 0.05) is 31.4 Å². The predicted molar refractivity (Wildman–Crippen MR) is 82.3 cm³/mol. The molecule has 1 rings (SSSR count). The molecule has 0 atom stereocenters. The number of hydrogen-bond donors (Lipinski definition) is 2. The van der Waals surface area contributed by atoms with Crippen molar-refractivity contribution in [2.45, 2.75) is 46.0 Å². The van der Waals surface area contributed by atoms with Crippen molar-refractivity contribution in [2.24, 2.45) is 11.1 Å². The molecule has 1 aromatic heterocycles. The summed E-state index contributed by atoms with van der Waals surface area (Å²) >= 11 is 0. The molecule has 0 spiro atoms. The molecule has 1 amide bonds. The van der Waals surface area contributed by atoms with Gasteiger partial charge in [0.25, 0.3) is 0 Å². The number of amides is 1. The average Bonchev–Trinajstić information content (AvgIpc) is 2.48. The maximum Gasteiger partial charge on any atom is 0.227 e.